The minimum absolute atomic E-state index is 0.527. The topological polar surface area (TPSA) is 29.5 Å². The van der Waals surface area contributed by atoms with E-state index in [9.17, 15) is 5.11 Å². The highest BCUT2D eigenvalue weighted by atomic mass is 16.5. The van der Waals surface area contributed by atoms with Crippen molar-refractivity contribution >= 4 is 0 Å². The quantitative estimate of drug-likeness (QED) is 0.846. The molecule has 1 unspecified atom stereocenters. The van der Waals surface area contributed by atoms with Gasteiger partial charge in [-0.25, -0.2) is 0 Å². The van der Waals surface area contributed by atoms with Crippen LogP contribution < -0.4 is 4.74 Å². The molecule has 0 fully saturated rings. The summed E-state index contributed by atoms with van der Waals surface area (Å²) in [6.07, 6.45) is 4.34. The molecule has 2 rings (SSSR count). The highest BCUT2D eigenvalue weighted by Gasteiger charge is 2.06. The first-order valence-electron chi connectivity index (χ1n) is 6.12. The molecule has 2 aromatic carbocycles. The van der Waals surface area contributed by atoms with Crippen molar-refractivity contribution in [2.45, 2.75) is 19.6 Å². The Morgan fingerprint density at radius 1 is 1.21 bits per heavy atom. The second-order valence-corrected chi connectivity index (χ2v) is 4.37. The van der Waals surface area contributed by atoms with E-state index in [0.29, 0.717) is 12.2 Å². The molecule has 96 valence electrons. The van der Waals surface area contributed by atoms with Crippen molar-refractivity contribution < 1.29 is 9.84 Å². The minimum atomic E-state index is -0.859. The van der Waals surface area contributed by atoms with Crippen LogP contribution in [0.4, 0.5) is 0 Å². The van der Waals surface area contributed by atoms with E-state index in [1.54, 1.807) is 6.07 Å². The number of benzene rings is 2. The molecule has 0 aromatic heterocycles. The van der Waals surface area contributed by atoms with Gasteiger partial charge < -0.3 is 9.84 Å². The number of hydrogen-bond donors (Lipinski definition) is 1. The lowest BCUT2D eigenvalue weighted by Gasteiger charge is -2.11. The average molecular weight is 252 g/mol. The van der Waals surface area contributed by atoms with Gasteiger partial charge in [-0.3, -0.25) is 0 Å². The van der Waals surface area contributed by atoms with Gasteiger partial charge in [0.1, 0.15) is 18.5 Å². The van der Waals surface area contributed by atoms with E-state index in [4.69, 9.17) is 11.2 Å². The highest BCUT2D eigenvalue weighted by Crippen LogP contribution is 2.23. The first-order valence-corrected chi connectivity index (χ1v) is 6.12. The Kier molecular flexibility index (Phi) is 4.22. The zero-order valence-corrected chi connectivity index (χ0v) is 10.8. The Hall–Kier alpha value is -2.24. The van der Waals surface area contributed by atoms with Gasteiger partial charge in [0.2, 0.25) is 0 Å². The van der Waals surface area contributed by atoms with Gasteiger partial charge in [0.25, 0.3) is 0 Å². The van der Waals surface area contributed by atoms with Crippen LogP contribution in [0.3, 0.4) is 0 Å². The number of aliphatic hydroxyl groups excluding tert-OH is 1. The molecule has 1 N–H and O–H groups in total. The van der Waals surface area contributed by atoms with Crippen LogP contribution in [0.15, 0.2) is 48.5 Å². The fourth-order valence-corrected chi connectivity index (χ4v) is 1.84. The number of aryl methyl sites for hydroxylation is 1. The summed E-state index contributed by atoms with van der Waals surface area (Å²) in [6.45, 7) is 2.46. The molecule has 0 bridgehead atoms. The van der Waals surface area contributed by atoms with E-state index in [2.05, 4.69) is 5.92 Å². The van der Waals surface area contributed by atoms with Gasteiger partial charge in [0.05, 0.1) is 0 Å². The Labute approximate surface area is 113 Å². The van der Waals surface area contributed by atoms with Crippen LogP contribution in [0, 0.1) is 19.3 Å². The van der Waals surface area contributed by atoms with Gasteiger partial charge in [-0.15, -0.1) is 6.42 Å². The lowest BCUT2D eigenvalue weighted by atomic mass is 10.1. The van der Waals surface area contributed by atoms with E-state index in [1.807, 2.05) is 49.4 Å². The second-order valence-electron chi connectivity index (χ2n) is 4.37. The first kappa shape index (κ1) is 13.2. The van der Waals surface area contributed by atoms with Crippen molar-refractivity contribution in [1.82, 2.24) is 0 Å². The van der Waals surface area contributed by atoms with Crippen LogP contribution in [0.5, 0.6) is 5.75 Å². The normalized spacial score (nSPS) is 11.6. The van der Waals surface area contributed by atoms with E-state index < -0.39 is 6.10 Å². The first-order chi connectivity index (χ1) is 9.20. The fourth-order valence-electron chi connectivity index (χ4n) is 1.84. The molecule has 0 heterocycles. The molecule has 19 heavy (non-hydrogen) atoms. The lowest BCUT2D eigenvalue weighted by molar-refractivity contribution is 0.238. The van der Waals surface area contributed by atoms with Gasteiger partial charge in [-0.1, -0.05) is 42.3 Å². The van der Waals surface area contributed by atoms with Crippen molar-refractivity contribution in [3.05, 3.63) is 65.2 Å². The molecule has 0 aliphatic heterocycles. The molecule has 0 aliphatic carbocycles. The van der Waals surface area contributed by atoms with E-state index in [-0.39, 0.29) is 0 Å². The van der Waals surface area contributed by atoms with Crippen LogP contribution in [-0.2, 0) is 6.61 Å². The molecule has 2 aromatic rings. The van der Waals surface area contributed by atoms with Crippen LogP contribution >= 0.6 is 0 Å². The molecule has 0 amide bonds. The molecule has 0 saturated heterocycles. The third kappa shape index (κ3) is 3.37. The molecule has 2 nitrogen and oxygen atoms in total. The highest BCUT2D eigenvalue weighted by molar-refractivity contribution is 5.38. The third-order valence-electron chi connectivity index (χ3n) is 2.91. The van der Waals surface area contributed by atoms with E-state index in [1.165, 1.54) is 0 Å². The van der Waals surface area contributed by atoms with E-state index >= 15 is 0 Å². The van der Waals surface area contributed by atoms with Crippen molar-refractivity contribution in [2.24, 2.45) is 0 Å². The summed E-state index contributed by atoms with van der Waals surface area (Å²) in [5.41, 5.74) is 2.80. The molecule has 0 radical (unpaired) electrons. The molecular weight excluding hydrogens is 236 g/mol. The average Bonchev–Trinajstić information content (AvgIpc) is 2.46. The molecule has 0 aliphatic rings. The number of hydrogen-bond acceptors (Lipinski definition) is 2. The van der Waals surface area contributed by atoms with Crippen molar-refractivity contribution in [2.75, 3.05) is 0 Å². The summed E-state index contributed by atoms with van der Waals surface area (Å²) in [5.74, 6) is 3.10. The van der Waals surface area contributed by atoms with E-state index in [0.717, 1.165) is 16.9 Å². The number of terminal acetylenes is 1. The monoisotopic (exact) mass is 252 g/mol. The maximum atomic E-state index is 9.58. The van der Waals surface area contributed by atoms with Crippen LogP contribution in [0.2, 0.25) is 0 Å². The fraction of sp³-hybridized carbons (Fsp3) is 0.176. The second kappa shape index (κ2) is 6.08. The standard InChI is InChI=1S/C17H16O2/c1-3-16(18)15-9-10-17(13(2)11-15)19-12-14-7-5-4-6-8-14/h1,4-11,16,18H,12H2,2H3. The molecular formula is C17H16O2. The van der Waals surface area contributed by atoms with Crippen LogP contribution in [0.25, 0.3) is 0 Å². The van der Waals surface area contributed by atoms with Crippen molar-refractivity contribution in [1.29, 1.82) is 0 Å². The number of aliphatic hydroxyl groups is 1. The molecule has 0 spiro atoms. The zero-order valence-electron chi connectivity index (χ0n) is 10.8. The van der Waals surface area contributed by atoms with Crippen molar-refractivity contribution in [3.63, 3.8) is 0 Å². The summed E-state index contributed by atoms with van der Waals surface area (Å²) in [6, 6.07) is 15.5. The van der Waals surface area contributed by atoms with Crippen molar-refractivity contribution in [3.8, 4) is 18.1 Å². The Bertz CT molecular complexity index is 582. The Morgan fingerprint density at radius 2 is 1.95 bits per heavy atom. The maximum Gasteiger partial charge on any atom is 0.139 e. The summed E-state index contributed by atoms with van der Waals surface area (Å²) < 4.78 is 5.76. The summed E-state index contributed by atoms with van der Waals surface area (Å²) in [5, 5.41) is 9.58. The van der Waals surface area contributed by atoms with Gasteiger partial charge in [0, 0.05) is 0 Å². The minimum Gasteiger partial charge on any atom is -0.489 e. The number of rotatable bonds is 4. The predicted molar refractivity (Wildman–Crippen MR) is 75.7 cm³/mol. The third-order valence-corrected chi connectivity index (χ3v) is 2.91. The lowest BCUT2D eigenvalue weighted by Crippen LogP contribution is -1.99. The number of ether oxygens (including phenoxy) is 1. The summed E-state index contributed by atoms with van der Waals surface area (Å²) in [4.78, 5) is 0. The van der Waals surface area contributed by atoms with Gasteiger partial charge in [0.15, 0.2) is 0 Å². The van der Waals surface area contributed by atoms with Gasteiger partial charge in [-0.05, 0) is 35.7 Å². The largest absolute Gasteiger partial charge is 0.489 e. The molecule has 0 saturated carbocycles. The smallest absolute Gasteiger partial charge is 0.139 e. The molecule has 2 heteroatoms. The Morgan fingerprint density at radius 3 is 2.58 bits per heavy atom. The van der Waals surface area contributed by atoms with Crippen LogP contribution in [0.1, 0.15) is 22.8 Å². The molecule has 1 atom stereocenters. The Balaban J connectivity index is 2.08. The maximum absolute atomic E-state index is 9.58. The zero-order chi connectivity index (χ0) is 13.7. The summed E-state index contributed by atoms with van der Waals surface area (Å²) >= 11 is 0. The summed E-state index contributed by atoms with van der Waals surface area (Å²) in [7, 11) is 0. The van der Waals surface area contributed by atoms with Gasteiger partial charge in [-0.2, -0.15) is 0 Å². The van der Waals surface area contributed by atoms with Gasteiger partial charge >= 0.3 is 0 Å². The van der Waals surface area contributed by atoms with Crippen LogP contribution in [-0.4, -0.2) is 5.11 Å². The SMILES string of the molecule is C#CC(O)c1ccc(OCc2ccccc2)c(C)c1. The predicted octanol–water partition coefficient (Wildman–Crippen LogP) is 3.24.